The fraction of sp³-hybridized carbons (Fsp3) is 0.440. The summed E-state index contributed by atoms with van der Waals surface area (Å²) in [6.07, 6.45) is -11.7. The van der Waals surface area contributed by atoms with Gasteiger partial charge in [-0.15, -0.1) is 0 Å². The highest BCUT2D eigenvalue weighted by Gasteiger charge is 2.43. The molecule has 2 aliphatic heterocycles. The molecule has 4 aromatic rings. The third-order valence-corrected chi connectivity index (χ3v) is 11.3. The number of aromatic nitrogens is 2. The molecule has 0 radical (unpaired) electrons. The van der Waals surface area contributed by atoms with Crippen LogP contribution in [-0.4, -0.2) is 109 Å². The van der Waals surface area contributed by atoms with Gasteiger partial charge in [0.1, 0.15) is 23.5 Å². The van der Waals surface area contributed by atoms with E-state index < -0.39 is 94.7 Å². The monoisotopic (exact) mass is 1020 g/mol. The third kappa shape index (κ3) is 15.0. The molecule has 2 fully saturated rings. The van der Waals surface area contributed by atoms with Crippen LogP contribution >= 0.6 is 0 Å². The van der Waals surface area contributed by atoms with Crippen molar-refractivity contribution in [1.82, 2.24) is 19.8 Å². The number of Topliss-reactive ketones (excluding diaryl/α,β-unsaturated/α-hetero) is 2. The maximum atomic E-state index is 14.1. The molecule has 14 nitrogen and oxygen atoms in total. The average molecular weight is 1020 g/mol. The summed E-state index contributed by atoms with van der Waals surface area (Å²) in [6.45, 7) is 9.39. The Morgan fingerprint density at radius 3 is 1.28 bits per heavy atom. The minimum absolute atomic E-state index is 0.0306. The number of amides is 3. The molecular weight excluding hydrogens is 967 g/mol. The first-order valence-electron chi connectivity index (χ1n) is 22.5. The van der Waals surface area contributed by atoms with Crippen LogP contribution in [0.25, 0.3) is 22.5 Å². The van der Waals surface area contributed by atoms with Crippen LogP contribution in [0.1, 0.15) is 110 Å². The number of aryl methyl sites for hydroxylation is 2. The van der Waals surface area contributed by atoms with E-state index in [1.165, 1.54) is 42.6 Å². The summed E-state index contributed by atoms with van der Waals surface area (Å²) in [5.74, 6) is -2.94. The van der Waals surface area contributed by atoms with E-state index in [0.29, 0.717) is 16.7 Å². The second-order valence-corrected chi connectivity index (χ2v) is 19.2. The molecule has 0 spiro atoms. The molecule has 2 aromatic heterocycles. The second-order valence-electron chi connectivity index (χ2n) is 19.2. The van der Waals surface area contributed by atoms with Gasteiger partial charge in [0, 0.05) is 49.2 Å². The number of benzene rings is 2. The van der Waals surface area contributed by atoms with Gasteiger partial charge in [0.15, 0.2) is 11.6 Å². The number of pyridine rings is 2. The number of alkyl halides is 8. The number of nitrogens with zero attached hydrogens (tertiary/aromatic N) is 4. The van der Waals surface area contributed by atoms with E-state index in [1.54, 1.807) is 41.5 Å². The Morgan fingerprint density at radius 2 is 0.958 bits per heavy atom. The molecule has 0 aliphatic carbocycles. The predicted octanol–water partition coefficient (Wildman–Crippen LogP) is 10.0. The Bertz CT molecular complexity index is 2470. The molecule has 3 N–H and O–H groups in total. The SMILES string of the molecule is CC(C)(C)OC(=O)N1C[C@H](F)C[C@H]1C(=O)CCc1cc(-c2ccc(C(F)(F)F)cc2)ncc1C(=O)O.CC(C)(C)OC(=O)N1C[C@H](F)C[C@H]1C(=O)CCc1cc(-c2ccc(C(F)(F)F)cc2)ncc1C(N)=O. The number of carboxylic acids is 1. The van der Waals surface area contributed by atoms with Crippen molar-refractivity contribution in [3.63, 3.8) is 0 Å². The number of carbonyl (C=O) groups is 6. The molecule has 22 heteroatoms. The van der Waals surface area contributed by atoms with Crippen LogP contribution in [0.2, 0.25) is 0 Å². The highest BCUT2D eigenvalue weighted by molar-refractivity contribution is 5.95. The maximum absolute atomic E-state index is 14.1. The number of likely N-dealkylation sites (tertiary alicyclic amines) is 2. The van der Waals surface area contributed by atoms with Gasteiger partial charge in [-0.05, 0) is 102 Å². The summed E-state index contributed by atoms with van der Waals surface area (Å²) >= 11 is 0. The van der Waals surface area contributed by atoms with Gasteiger partial charge in [-0.25, -0.2) is 23.2 Å². The lowest BCUT2D eigenvalue weighted by Gasteiger charge is -2.27. The van der Waals surface area contributed by atoms with Gasteiger partial charge in [-0.3, -0.25) is 34.2 Å². The number of carboxylic acid groups (broad SMARTS) is 1. The zero-order valence-electron chi connectivity index (χ0n) is 40.0. The Kier molecular flexibility index (Phi) is 17.2. The number of ketones is 2. The van der Waals surface area contributed by atoms with Crippen molar-refractivity contribution in [1.29, 1.82) is 0 Å². The Labute approximate surface area is 408 Å². The van der Waals surface area contributed by atoms with Crippen LogP contribution in [0.4, 0.5) is 44.7 Å². The highest BCUT2D eigenvalue weighted by atomic mass is 19.4. The normalized spacial score (nSPS) is 18.2. The summed E-state index contributed by atoms with van der Waals surface area (Å²) in [6, 6.07) is 9.40. The van der Waals surface area contributed by atoms with E-state index in [2.05, 4.69) is 9.97 Å². The van der Waals surface area contributed by atoms with Crippen molar-refractivity contribution < 1.29 is 78.5 Å². The number of hydrogen-bond donors (Lipinski definition) is 2. The number of nitrogens with two attached hydrogens (primary N) is 1. The van der Waals surface area contributed by atoms with Gasteiger partial charge in [0.2, 0.25) is 0 Å². The largest absolute Gasteiger partial charge is 0.478 e. The number of aromatic carboxylic acids is 1. The second kappa shape index (κ2) is 22.2. The van der Waals surface area contributed by atoms with Crippen LogP contribution in [0, 0.1) is 0 Å². The van der Waals surface area contributed by atoms with Gasteiger partial charge < -0.3 is 20.3 Å². The van der Waals surface area contributed by atoms with E-state index in [-0.39, 0.29) is 79.7 Å². The van der Waals surface area contributed by atoms with Crippen LogP contribution in [0.5, 0.6) is 0 Å². The molecule has 72 heavy (non-hydrogen) atoms. The fourth-order valence-electron chi connectivity index (χ4n) is 7.87. The molecular formula is C50H53F8N5O9. The van der Waals surface area contributed by atoms with Crippen molar-refractivity contribution in [2.24, 2.45) is 5.73 Å². The molecule has 2 aromatic carbocycles. The number of primary amides is 1. The molecule has 0 saturated carbocycles. The lowest BCUT2D eigenvalue weighted by atomic mass is 9.97. The Balaban J connectivity index is 0.000000267. The molecule has 0 unspecified atom stereocenters. The van der Waals surface area contributed by atoms with Gasteiger partial charge in [0.25, 0.3) is 5.91 Å². The molecule has 4 atom stereocenters. The number of carbonyl (C=O) groups excluding carboxylic acids is 5. The summed E-state index contributed by atoms with van der Waals surface area (Å²) in [5.41, 5.74) is 3.83. The van der Waals surface area contributed by atoms with Crippen molar-refractivity contribution in [3.8, 4) is 22.5 Å². The van der Waals surface area contributed by atoms with E-state index in [0.717, 1.165) is 40.3 Å². The lowest BCUT2D eigenvalue weighted by molar-refractivity contribution is -0.138. The van der Waals surface area contributed by atoms with E-state index in [4.69, 9.17) is 15.2 Å². The zero-order chi connectivity index (χ0) is 53.7. The standard InChI is InChI=1S/C25H27F4N3O4.C25H26F4N2O5/c1-24(2,3)36-23(35)32-13-17(26)11-20(32)21(33)9-6-15-10-19(31-12-18(15)22(30)34)14-4-7-16(8-5-14)25(27,28)29;1-24(2,3)36-23(35)31-13-17(26)11-20(31)21(32)9-6-15-10-19(30-12-18(15)22(33)34)14-4-7-16(8-5-14)25(27,28)29/h4-5,7-8,10,12,17,20H,6,9,11,13H2,1-3H3,(H2,30,34);4-5,7-8,10,12,17,20H,6,9,11,13H2,1-3H3,(H,33,34)/t2*17-,20+/m11/s1. The Morgan fingerprint density at radius 1 is 0.611 bits per heavy atom. The summed E-state index contributed by atoms with van der Waals surface area (Å²) in [5, 5.41) is 9.52. The number of hydrogen-bond acceptors (Lipinski definition) is 10. The minimum atomic E-state index is -4.50. The highest BCUT2D eigenvalue weighted by Crippen LogP contribution is 2.34. The van der Waals surface area contributed by atoms with E-state index >= 15 is 0 Å². The number of rotatable bonds is 12. The van der Waals surface area contributed by atoms with Crippen molar-refractivity contribution in [2.75, 3.05) is 13.1 Å². The first-order chi connectivity index (χ1) is 33.3. The quantitative estimate of drug-likeness (QED) is 0.128. The molecule has 2 aliphatic rings. The first kappa shape index (κ1) is 55.9. The molecule has 2 saturated heterocycles. The van der Waals surface area contributed by atoms with Gasteiger partial charge >= 0.3 is 30.5 Å². The number of halogens is 8. The van der Waals surface area contributed by atoms with Gasteiger partial charge in [-0.1, -0.05) is 24.3 Å². The summed E-state index contributed by atoms with van der Waals surface area (Å²) in [4.78, 5) is 84.7. The summed E-state index contributed by atoms with van der Waals surface area (Å²) < 4.78 is 116. The van der Waals surface area contributed by atoms with Crippen molar-refractivity contribution in [3.05, 3.63) is 106 Å². The van der Waals surface area contributed by atoms with Crippen LogP contribution in [-0.2, 0) is 44.3 Å². The van der Waals surface area contributed by atoms with Crippen LogP contribution < -0.4 is 5.73 Å². The van der Waals surface area contributed by atoms with Gasteiger partial charge in [0.05, 0.1) is 58.8 Å². The number of ether oxygens (including phenoxy) is 2. The van der Waals surface area contributed by atoms with Crippen LogP contribution in [0.3, 0.4) is 0 Å². The average Bonchev–Trinajstić information content (AvgIpc) is 3.88. The van der Waals surface area contributed by atoms with Gasteiger partial charge in [-0.2, -0.15) is 26.3 Å². The lowest BCUT2D eigenvalue weighted by Crippen LogP contribution is -2.43. The topological polar surface area (TPSA) is 199 Å². The molecule has 388 valence electrons. The smallest absolute Gasteiger partial charge is 0.416 e. The van der Waals surface area contributed by atoms with Crippen molar-refractivity contribution in [2.45, 2.75) is 128 Å². The fourth-order valence-corrected chi connectivity index (χ4v) is 7.87. The third-order valence-electron chi connectivity index (χ3n) is 11.3. The van der Waals surface area contributed by atoms with E-state index in [1.807, 2.05) is 0 Å². The molecule has 3 amide bonds. The van der Waals surface area contributed by atoms with Crippen molar-refractivity contribution >= 4 is 35.6 Å². The molecule has 4 heterocycles. The molecule has 6 rings (SSSR count). The van der Waals surface area contributed by atoms with Crippen LogP contribution in [0.15, 0.2) is 73.1 Å². The predicted molar refractivity (Wildman–Crippen MR) is 244 cm³/mol. The zero-order valence-corrected chi connectivity index (χ0v) is 40.0. The molecule has 0 bridgehead atoms. The first-order valence-corrected chi connectivity index (χ1v) is 22.5. The van der Waals surface area contributed by atoms with E-state index in [9.17, 15) is 69.0 Å². The maximum Gasteiger partial charge on any atom is 0.416 e. The Hall–Kier alpha value is -7.00. The summed E-state index contributed by atoms with van der Waals surface area (Å²) in [7, 11) is 0. The minimum Gasteiger partial charge on any atom is -0.478 e.